The third-order valence-corrected chi connectivity index (χ3v) is 3.02. The summed E-state index contributed by atoms with van der Waals surface area (Å²) in [7, 11) is 1.59. The van der Waals surface area contributed by atoms with Gasteiger partial charge in [-0.3, -0.25) is 0 Å². The summed E-state index contributed by atoms with van der Waals surface area (Å²) in [5, 5.41) is 3.07. The van der Waals surface area contributed by atoms with E-state index in [1.54, 1.807) is 13.2 Å². The molecular weight excluding hydrogens is 299 g/mol. The molecule has 0 saturated carbocycles. The molecule has 2 aromatic carbocycles. The van der Waals surface area contributed by atoms with Gasteiger partial charge < -0.3 is 15.8 Å². The molecule has 0 bridgehead atoms. The molecule has 0 amide bonds. The highest BCUT2D eigenvalue weighted by atomic mass is 79.9. The van der Waals surface area contributed by atoms with Crippen molar-refractivity contribution in [1.82, 2.24) is 0 Å². The Kier molecular flexibility index (Phi) is 3.72. The Hall–Kier alpha value is -1.75. The number of hydrogen-bond acceptors (Lipinski definition) is 3. The van der Waals surface area contributed by atoms with Crippen LogP contribution in [0.4, 0.5) is 21.5 Å². The SMILES string of the molecule is COc1cc(Nc2cc(N)cc(F)c2)ccc1Br. The zero-order chi connectivity index (χ0) is 13.1. The molecule has 2 aromatic rings. The zero-order valence-electron chi connectivity index (χ0n) is 9.71. The predicted octanol–water partition coefficient (Wildman–Crippen LogP) is 3.92. The van der Waals surface area contributed by atoms with Gasteiger partial charge >= 0.3 is 0 Å². The maximum absolute atomic E-state index is 13.2. The van der Waals surface area contributed by atoms with Crippen molar-refractivity contribution in [2.24, 2.45) is 0 Å². The number of benzene rings is 2. The number of nitrogens with two attached hydrogens (primary N) is 1. The second-order valence-electron chi connectivity index (χ2n) is 3.75. The van der Waals surface area contributed by atoms with Gasteiger partial charge in [0.25, 0.3) is 0 Å². The van der Waals surface area contributed by atoms with E-state index in [2.05, 4.69) is 21.2 Å². The molecule has 18 heavy (non-hydrogen) atoms. The number of ether oxygens (including phenoxy) is 1. The highest BCUT2D eigenvalue weighted by Crippen LogP contribution is 2.29. The second-order valence-corrected chi connectivity index (χ2v) is 4.60. The van der Waals surface area contributed by atoms with Crippen LogP contribution in [0.15, 0.2) is 40.9 Å². The van der Waals surface area contributed by atoms with Crippen molar-refractivity contribution in [2.75, 3.05) is 18.2 Å². The van der Waals surface area contributed by atoms with Gasteiger partial charge in [-0.15, -0.1) is 0 Å². The number of rotatable bonds is 3. The highest BCUT2D eigenvalue weighted by molar-refractivity contribution is 9.10. The van der Waals surface area contributed by atoms with Crippen molar-refractivity contribution in [1.29, 1.82) is 0 Å². The van der Waals surface area contributed by atoms with Crippen LogP contribution in [0.25, 0.3) is 0 Å². The van der Waals surface area contributed by atoms with E-state index in [4.69, 9.17) is 10.5 Å². The van der Waals surface area contributed by atoms with Crippen molar-refractivity contribution >= 4 is 33.0 Å². The van der Waals surface area contributed by atoms with Crippen molar-refractivity contribution in [3.05, 3.63) is 46.7 Å². The summed E-state index contributed by atoms with van der Waals surface area (Å²) in [6.07, 6.45) is 0. The van der Waals surface area contributed by atoms with Crippen LogP contribution in [0, 0.1) is 5.82 Å². The van der Waals surface area contributed by atoms with Crippen LogP contribution < -0.4 is 15.8 Å². The summed E-state index contributed by atoms with van der Waals surface area (Å²) in [6, 6.07) is 9.83. The van der Waals surface area contributed by atoms with Gasteiger partial charge in [-0.1, -0.05) is 0 Å². The van der Waals surface area contributed by atoms with Crippen LogP contribution in [-0.4, -0.2) is 7.11 Å². The molecule has 5 heteroatoms. The number of nitrogens with one attached hydrogen (secondary N) is 1. The molecular formula is C13H12BrFN2O. The minimum atomic E-state index is -0.374. The molecule has 0 spiro atoms. The number of nitrogen functional groups attached to an aromatic ring is 1. The van der Waals surface area contributed by atoms with Crippen molar-refractivity contribution in [3.63, 3.8) is 0 Å². The highest BCUT2D eigenvalue weighted by Gasteiger charge is 2.03. The van der Waals surface area contributed by atoms with Crippen molar-refractivity contribution in [2.45, 2.75) is 0 Å². The smallest absolute Gasteiger partial charge is 0.135 e. The molecule has 2 rings (SSSR count). The molecule has 94 valence electrons. The van der Waals surface area contributed by atoms with Crippen LogP contribution >= 0.6 is 15.9 Å². The average Bonchev–Trinajstić information content (AvgIpc) is 2.30. The molecule has 0 aliphatic rings. The Morgan fingerprint density at radius 1 is 1.17 bits per heavy atom. The van der Waals surface area contributed by atoms with E-state index in [1.807, 2.05) is 18.2 Å². The van der Waals surface area contributed by atoms with Gasteiger partial charge in [-0.25, -0.2) is 4.39 Å². The lowest BCUT2D eigenvalue weighted by atomic mass is 10.2. The average molecular weight is 311 g/mol. The Bertz CT molecular complexity index is 555. The van der Waals surface area contributed by atoms with Crippen LogP contribution in [-0.2, 0) is 0 Å². The lowest BCUT2D eigenvalue weighted by Gasteiger charge is -2.10. The summed E-state index contributed by atoms with van der Waals surface area (Å²) in [5.74, 6) is 0.325. The van der Waals surface area contributed by atoms with Crippen molar-refractivity contribution in [3.8, 4) is 5.75 Å². The molecule has 3 N–H and O–H groups in total. The molecule has 3 nitrogen and oxygen atoms in total. The summed E-state index contributed by atoms with van der Waals surface area (Å²) in [4.78, 5) is 0. The van der Waals surface area contributed by atoms with E-state index in [1.165, 1.54) is 12.1 Å². The summed E-state index contributed by atoms with van der Waals surface area (Å²) in [5.41, 5.74) is 7.34. The predicted molar refractivity (Wildman–Crippen MR) is 74.8 cm³/mol. The van der Waals surface area contributed by atoms with Gasteiger partial charge in [-0.2, -0.15) is 0 Å². The number of anilines is 3. The van der Waals surface area contributed by atoms with Crippen LogP contribution in [0.2, 0.25) is 0 Å². The van der Waals surface area contributed by atoms with E-state index < -0.39 is 0 Å². The van der Waals surface area contributed by atoms with E-state index in [0.717, 1.165) is 10.2 Å². The first-order valence-corrected chi connectivity index (χ1v) is 6.04. The van der Waals surface area contributed by atoms with Gasteiger partial charge in [0.1, 0.15) is 11.6 Å². The third kappa shape index (κ3) is 2.92. The second kappa shape index (κ2) is 5.27. The summed E-state index contributed by atoms with van der Waals surface area (Å²) in [6.45, 7) is 0. The van der Waals surface area contributed by atoms with Crippen LogP contribution in [0.3, 0.4) is 0 Å². The molecule has 0 atom stereocenters. The quantitative estimate of drug-likeness (QED) is 0.845. The topological polar surface area (TPSA) is 47.3 Å². The van der Waals surface area contributed by atoms with Gasteiger partial charge in [0.15, 0.2) is 0 Å². The van der Waals surface area contributed by atoms with Gasteiger partial charge in [-0.05, 0) is 46.3 Å². The van der Waals surface area contributed by atoms with E-state index in [-0.39, 0.29) is 5.82 Å². The molecule has 0 unspecified atom stereocenters. The number of methoxy groups -OCH3 is 1. The summed E-state index contributed by atoms with van der Waals surface area (Å²) < 4.78 is 19.2. The minimum absolute atomic E-state index is 0.374. The van der Waals surface area contributed by atoms with Crippen molar-refractivity contribution < 1.29 is 9.13 Å². The molecule has 0 saturated heterocycles. The first kappa shape index (κ1) is 12.7. The van der Waals surface area contributed by atoms with Crippen LogP contribution in [0.5, 0.6) is 5.75 Å². The summed E-state index contributed by atoms with van der Waals surface area (Å²) >= 11 is 3.37. The van der Waals surface area contributed by atoms with Gasteiger partial charge in [0, 0.05) is 23.1 Å². The Morgan fingerprint density at radius 2 is 1.94 bits per heavy atom. The number of hydrogen-bond donors (Lipinski definition) is 2. The van der Waals surface area contributed by atoms with E-state index >= 15 is 0 Å². The fourth-order valence-corrected chi connectivity index (χ4v) is 2.00. The first-order valence-electron chi connectivity index (χ1n) is 5.25. The maximum atomic E-state index is 13.2. The Balaban J connectivity index is 2.28. The normalized spacial score (nSPS) is 10.2. The Morgan fingerprint density at radius 3 is 2.61 bits per heavy atom. The zero-order valence-corrected chi connectivity index (χ0v) is 11.3. The molecule has 0 heterocycles. The lowest BCUT2D eigenvalue weighted by molar-refractivity contribution is 0.412. The largest absolute Gasteiger partial charge is 0.495 e. The fraction of sp³-hybridized carbons (Fsp3) is 0.0769. The Labute approximate surface area is 113 Å². The van der Waals surface area contributed by atoms with Gasteiger partial charge in [0.2, 0.25) is 0 Å². The van der Waals surface area contributed by atoms with Crippen LogP contribution in [0.1, 0.15) is 0 Å². The van der Waals surface area contributed by atoms with E-state index in [9.17, 15) is 4.39 Å². The third-order valence-electron chi connectivity index (χ3n) is 2.36. The molecule has 0 radical (unpaired) electrons. The maximum Gasteiger partial charge on any atom is 0.135 e. The lowest BCUT2D eigenvalue weighted by Crippen LogP contribution is -1.95. The molecule has 0 fully saturated rings. The van der Waals surface area contributed by atoms with Gasteiger partial charge in [0.05, 0.1) is 11.6 Å². The van der Waals surface area contributed by atoms with E-state index in [0.29, 0.717) is 17.1 Å². The standard InChI is InChI=1S/C13H12BrFN2O/c1-18-13-7-10(2-3-12(13)14)17-11-5-8(15)4-9(16)6-11/h2-7,17H,16H2,1H3. The first-order chi connectivity index (χ1) is 8.58. The molecule has 0 aromatic heterocycles. The minimum Gasteiger partial charge on any atom is -0.495 e. The molecule has 0 aliphatic carbocycles. The monoisotopic (exact) mass is 310 g/mol. The molecule has 0 aliphatic heterocycles. The fourth-order valence-electron chi connectivity index (χ4n) is 1.59. The number of halogens is 2.